The molecule has 3 aromatic rings. The summed E-state index contributed by atoms with van der Waals surface area (Å²) in [6.45, 7) is 2.93. The predicted molar refractivity (Wildman–Crippen MR) is 152 cm³/mol. The molecule has 1 aromatic heterocycles. The van der Waals surface area contributed by atoms with Crippen molar-refractivity contribution in [2.75, 3.05) is 13.1 Å². The number of nitrogens with one attached hydrogen (secondary N) is 1. The van der Waals surface area contributed by atoms with E-state index < -0.39 is 0 Å². The minimum atomic E-state index is -0.0635. The molecule has 38 heavy (non-hydrogen) atoms. The van der Waals surface area contributed by atoms with Gasteiger partial charge in [-0.15, -0.1) is 0 Å². The first-order chi connectivity index (χ1) is 18.6. The Bertz CT molecular complexity index is 1140. The third-order valence-electron chi connectivity index (χ3n) is 8.01. The van der Waals surface area contributed by atoms with Crippen LogP contribution in [-0.2, 0) is 6.54 Å². The van der Waals surface area contributed by atoms with E-state index in [0.29, 0.717) is 22.3 Å². The molecule has 0 bridgehead atoms. The SMILES string of the molecule is O=C(NC1CCN(Cc2ccccc2)CC1)c1ccc(OC2CCCCC(c3ccco3)CCC2)c(Cl)c1. The van der Waals surface area contributed by atoms with E-state index in [0.717, 1.165) is 76.8 Å². The van der Waals surface area contributed by atoms with Crippen LogP contribution < -0.4 is 10.1 Å². The Hall–Kier alpha value is -2.76. The van der Waals surface area contributed by atoms with Gasteiger partial charge in [0.25, 0.3) is 5.91 Å². The smallest absolute Gasteiger partial charge is 0.251 e. The lowest BCUT2D eigenvalue weighted by Gasteiger charge is -2.32. The molecular formula is C32H39ClN2O3. The third kappa shape index (κ3) is 7.42. The van der Waals surface area contributed by atoms with Gasteiger partial charge in [0, 0.05) is 37.2 Å². The third-order valence-corrected chi connectivity index (χ3v) is 8.31. The first kappa shape index (κ1) is 26.8. The molecule has 2 aliphatic rings. The predicted octanol–water partition coefficient (Wildman–Crippen LogP) is 7.60. The summed E-state index contributed by atoms with van der Waals surface area (Å²) < 4.78 is 12.0. The monoisotopic (exact) mass is 534 g/mol. The van der Waals surface area contributed by atoms with Crippen LogP contribution in [0.25, 0.3) is 0 Å². The molecule has 2 unspecified atom stereocenters. The summed E-state index contributed by atoms with van der Waals surface area (Å²) in [7, 11) is 0. The summed E-state index contributed by atoms with van der Waals surface area (Å²) in [4.78, 5) is 15.4. The number of likely N-dealkylation sites (tertiary alicyclic amines) is 1. The zero-order valence-corrected chi connectivity index (χ0v) is 22.9. The van der Waals surface area contributed by atoms with Crippen LogP contribution in [0.3, 0.4) is 0 Å². The topological polar surface area (TPSA) is 54.7 Å². The van der Waals surface area contributed by atoms with E-state index in [2.05, 4.69) is 40.5 Å². The summed E-state index contributed by atoms with van der Waals surface area (Å²) in [5, 5.41) is 3.72. The number of carbonyl (C=O) groups is 1. The molecule has 0 spiro atoms. The molecule has 1 saturated heterocycles. The van der Waals surface area contributed by atoms with E-state index in [1.165, 1.54) is 12.0 Å². The molecule has 1 saturated carbocycles. The molecular weight excluding hydrogens is 496 g/mol. The summed E-state index contributed by atoms with van der Waals surface area (Å²) in [6, 6.07) is 20.3. The maximum absolute atomic E-state index is 13.0. The molecule has 2 heterocycles. The van der Waals surface area contributed by atoms with Gasteiger partial charge in [0.15, 0.2) is 0 Å². The van der Waals surface area contributed by atoms with Gasteiger partial charge in [0.2, 0.25) is 0 Å². The van der Waals surface area contributed by atoms with Crippen LogP contribution in [0.4, 0.5) is 0 Å². The van der Waals surface area contributed by atoms with E-state index in [4.69, 9.17) is 20.8 Å². The number of ether oxygens (including phenoxy) is 1. The van der Waals surface area contributed by atoms with Crippen LogP contribution in [0.5, 0.6) is 5.75 Å². The van der Waals surface area contributed by atoms with Crippen LogP contribution in [0, 0.1) is 0 Å². The summed E-state index contributed by atoms with van der Waals surface area (Å²) >= 11 is 6.60. The van der Waals surface area contributed by atoms with Crippen molar-refractivity contribution in [3.05, 3.63) is 88.8 Å². The van der Waals surface area contributed by atoms with Crippen LogP contribution in [-0.4, -0.2) is 36.0 Å². The van der Waals surface area contributed by atoms with Crippen molar-refractivity contribution in [1.29, 1.82) is 0 Å². The van der Waals surface area contributed by atoms with Crippen LogP contribution in [0.2, 0.25) is 5.02 Å². The summed E-state index contributed by atoms with van der Waals surface area (Å²) in [5.41, 5.74) is 1.92. The summed E-state index contributed by atoms with van der Waals surface area (Å²) in [5.74, 6) is 2.22. The highest BCUT2D eigenvalue weighted by atomic mass is 35.5. The van der Waals surface area contributed by atoms with Crippen molar-refractivity contribution in [2.45, 2.75) is 82.4 Å². The number of benzene rings is 2. The lowest BCUT2D eigenvalue weighted by Crippen LogP contribution is -2.44. The largest absolute Gasteiger partial charge is 0.489 e. The van der Waals surface area contributed by atoms with Crippen molar-refractivity contribution in [2.24, 2.45) is 0 Å². The molecule has 2 aromatic carbocycles. The fourth-order valence-corrected chi connectivity index (χ4v) is 6.06. The average molecular weight is 535 g/mol. The molecule has 1 aliphatic heterocycles. The zero-order valence-electron chi connectivity index (χ0n) is 22.1. The molecule has 0 radical (unpaired) electrons. The van der Waals surface area contributed by atoms with Gasteiger partial charge in [-0.25, -0.2) is 0 Å². The summed E-state index contributed by atoms with van der Waals surface area (Å²) in [6.07, 6.45) is 11.5. The maximum Gasteiger partial charge on any atom is 0.251 e. The fourth-order valence-electron chi connectivity index (χ4n) is 5.83. The molecule has 5 nitrogen and oxygen atoms in total. The van der Waals surface area contributed by atoms with Gasteiger partial charge in [-0.3, -0.25) is 9.69 Å². The van der Waals surface area contributed by atoms with Gasteiger partial charge in [-0.1, -0.05) is 48.4 Å². The number of halogens is 1. The van der Waals surface area contributed by atoms with Crippen molar-refractivity contribution in [3.63, 3.8) is 0 Å². The minimum absolute atomic E-state index is 0.0635. The highest BCUT2D eigenvalue weighted by Gasteiger charge is 2.23. The van der Waals surface area contributed by atoms with Gasteiger partial charge in [-0.2, -0.15) is 0 Å². The lowest BCUT2D eigenvalue weighted by atomic mass is 9.94. The number of carbonyl (C=O) groups excluding carboxylic acids is 1. The highest BCUT2D eigenvalue weighted by molar-refractivity contribution is 6.32. The van der Waals surface area contributed by atoms with Crippen molar-refractivity contribution in [3.8, 4) is 5.75 Å². The quantitative estimate of drug-likeness (QED) is 0.339. The second kappa shape index (κ2) is 13.3. The molecule has 1 aliphatic carbocycles. The number of hydrogen-bond acceptors (Lipinski definition) is 4. The van der Waals surface area contributed by atoms with Crippen molar-refractivity contribution >= 4 is 17.5 Å². The Morgan fingerprint density at radius 3 is 2.45 bits per heavy atom. The number of nitrogens with zero attached hydrogens (tertiary/aromatic N) is 1. The number of piperidine rings is 1. The van der Waals surface area contributed by atoms with Gasteiger partial charge in [-0.05, 0) is 87.3 Å². The molecule has 5 rings (SSSR count). The Morgan fingerprint density at radius 1 is 0.921 bits per heavy atom. The van der Waals surface area contributed by atoms with Crippen LogP contribution in [0.1, 0.15) is 85.4 Å². The highest BCUT2D eigenvalue weighted by Crippen LogP contribution is 2.33. The molecule has 6 heteroatoms. The molecule has 1 N–H and O–H groups in total. The normalized spacial score (nSPS) is 21.7. The second-order valence-electron chi connectivity index (χ2n) is 10.8. The Morgan fingerprint density at radius 2 is 1.68 bits per heavy atom. The molecule has 2 atom stereocenters. The van der Waals surface area contributed by atoms with Crippen molar-refractivity contribution in [1.82, 2.24) is 10.2 Å². The van der Waals surface area contributed by atoms with Crippen LogP contribution >= 0.6 is 11.6 Å². The van der Waals surface area contributed by atoms with E-state index in [1.54, 1.807) is 12.3 Å². The lowest BCUT2D eigenvalue weighted by molar-refractivity contribution is 0.0909. The fraction of sp³-hybridized carbons (Fsp3) is 0.469. The van der Waals surface area contributed by atoms with E-state index in [1.807, 2.05) is 24.3 Å². The van der Waals surface area contributed by atoms with Crippen LogP contribution in [0.15, 0.2) is 71.3 Å². The molecule has 202 valence electrons. The van der Waals surface area contributed by atoms with Gasteiger partial charge in [0.1, 0.15) is 11.5 Å². The minimum Gasteiger partial charge on any atom is -0.489 e. The number of furan rings is 1. The number of amides is 1. The Kier molecular flexibility index (Phi) is 9.42. The van der Waals surface area contributed by atoms with E-state index in [-0.39, 0.29) is 18.1 Å². The average Bonchev–Trinajstić information content (AvgIpc) is 3.50. The standard InChI is InChI=1S/C32H39ClN2O3/c33-29-22-26(32(36)34-27-17-19-35(20-18-27)23-24-8-2-1-3-9-24)15-16-31(29)38-28-12-5-4-10-25(11-6-13-28)30-14-7-21-37-30/h1-3,7-9,14-16,21-22,25,27-28H,4-6,10-13,17-20,23H2,(H,34,36). The molecule has 2 fully saturated rings. The van der Waals surface area contributed by atoms with Gasteiger partial charge < -0.3 is 14.5 Å². The van der Waals surface area contributed by atoms with E-state index in [9.17, 15) is 4.79 Å². The first-order valence-electron chi connectivity index (χ1n) is 14.2. The first-order valence-corrected chi connectivity index (χ1v) is 14.6. The molecule has 1 amide bonds. The number of hydrogen-bond donors (Lipinski definition) is 1. The maximum atomic E-state index is 13.0. The Balaban J connectivity index is 1.09. The number of rotatable bonds is 7. The van der Waals surface area contributed by atoms with Gasteiger partial charge >= 0.3 is 0 Å². The Labute approximate surface area is 231 Å². The van der Waals surface area contributed by atoms with Gasteiger partial charge in [0.05, 0.1) is 17.4 Å². The van der Waals surface area contributed by atoms with Crippen molar-refractivity contribution < 1.29 is 13.9 Å². The second-order valence-corrected chi connectivity index (χ2v) is 11.2. The zero-order chi connectivity index (χ0) is 26.2. The van der Waals surface area contributed by atoms with E-state index >= 15 is 0 Å².